The average molecular weight is 419 g/mol. The first-order valence-corrected chi connectivity index (χ1v) is 9.34. The number of amides is 3. The molecule has 0 saturated heterocycles. The molecule has 0 fully saturated rings. The Kier molecular flexibility index (Phi) is 4.82. The van der Waals surface area contributed by atoms with Crippen LogP contribution < -0.4 is 5.32 Å². The lowest BCUT2D eigenvalue weighted by atomic mass is 10.1. The number of hydrogen-bond acceptors (Lipinski definition) is 6. The Balaban J connectivity index is 1.54. The fraction of sp³-hybridized carbons (Fsp3) is 0.143. The molecule has 10 nitrogen and oxygen atoms in total. The summed E-state index contributed by atoms with van der Waals surface area (Å²) >= 11 is 0. The molecule has 0 unspecified atom stereocenters. The van der Waals surface area contributed by atoms with Crippen molar-refractivity contribution in [3.8, 4) is 5.69 Å². The van der Waals surface area contributed by atoms with Crippen molar-refractivity contribution < 1.29 is 19.3 Å². The summed E-state index contributed by atoms with van der Waals surface area (Å²) in [6, 6.07) is 12.8. The van der Waals surface area contributed by atoms with Crippen molar-refractivity contribution >= 4 is 29.1 Å². The highest BCUT2D eigenvalue weighted by Gasteiger charge is 2.38. The second-order valence-corrected chi connectivity index (χ2v) is 7.02. The van der Waals surface area contributed by atoms with Gasteiger partial charge in [0.1, 0.15) is 6.54 Å². The maximum atomic E-state index is 12.6. The van der Waals surface area contributed by atoms with Crippen LogP contribution >= 0.6 is 0 Å². The Labute approximate surface area is 176 Å². The highest BCUT2D eigenvalue weighted by Crippen LogP contribution is 2.27. The van der Waals surface area contributed by atoms with E-state index in [0.717, 1.165) is 22.7 Å². The van der Waals surface area contributed by atoms with E-state index in [9.17, 15) is 24.5 Å². The molecule has 156 valence electrons. The first-order chi connectivity index (χ1) is 14.8. The van der Waals surface area contributed by atoms with Crippen molar-refractivity contribution in [1.82, 2.24) is 14.7 Å². The predicted molar refractivity (Wildman–Crippen MR) is 110 cm³/mol. The van der Waals surface area contributed by atoms with Gasteiger partial charge in [-0.25, -0.2) is 4.68 Å². The molecular weight excluding hydrogens is 402 g/mol. The number of rotatable bonds is 5. The molecule has 2 heterocycles. The number of nitro benzene ring substituents is 1. The third-order valence-electron chi connectivity index (χ3n) is 5.02. The van der Waals surface area contributed by atoms with E-state index in [2.05, 4.69) is 10.4 Å². The Morgan fingerprint density at radius 2 is 1.74 bits per heavy atom. The molecule has 4 rings (SSSR count). The number of imide groups is 1. The molecule has 3 aromatic rings. The van der Waals surface area contributed by atoms with Crippen molar-refractivity contribution in [2.75, 3.05) is 11.9 Å². The number of carbonyl (C=O) groups excluding carboxylic acids is 3. The number of nitrogens with one attached hydrogen (secondary N) is 1. The predicted octanol–water partition coefficient (Wildman–Crippen LogP) is 2.63. The summed E-state index contributed by atoms with van der Waals surface area (Å²) in [6.45, 7) is 3.02. The van der Waals surface area contributed by atoms with Crippen molar-refractivity contribution in [3.63, 3.8) is 0 Å². The third-order valence-corrected chi connectivity index (χ3v) is 5.02. The normalized spacial score (nSPS) is 12.8. The van der Waals surface area contributed by atoms with Crippen LogP contribution in [-0.2, 0) is 4.79 Å². The summed E-state index contributed by atoms with van der Waals surface area (Å²) in [5.74, 6) is -1.99. The first-order valence-electron chi connectivity index (χ1n) is 9.34. The molecule has 1 N–H and O–H groups in total. The molecule has 0 bridgehead atoms. The van der Waals surface area contributed by atoms with E-state index >= 15 is 0 Å². The minimum absolute atomic E-state index is 0.0349. The van der Waals surface area contributed by atoms with Crippen LogP contribution in [0.25, 0.3) is 5.69 Å². The molecule has 2 aromatic carbocycles. The van der Waals surface area contributed by atoms with Gasteiger partial charge in [0.2, 0.25) is 5.91 Å². The number of carbonyl (C=O) groups is 3. The van der Waals surface area contributed by atoms with Crippen LogP contribution in [0, 0.1) is 24.0 Å². The number of para-hydroxylation sites is 1. The number of non-ortho nitro benzene ring substituents is 1. The maximum absolute atomic E-state index is 12.6. The second-order valence-electron chi connectivity index (χ2n) is 7.02. The van der Waals surface area contributed by atoms with E-state index < -0.39 is 29.2 Å². The number of aryl methyl sites for hydroxylation is 1. The van der Waals surface area contributed by atoms with Crippen LogP contribution in [0.5, 0.6) is 0 Å². The summed E-state index contributed by atoms with van der Waals surface area (Å²) in [4.78, 5) is 48.8. The molecular formula is C21H17N5O5. The zero-order valence-electron chi connectivity index (χ0n) is 16.7. The lowest BCUT2D eigenvalue weighted by molar-refractivity contribution is -0.384. The number of nitrogens with zero attached hydrogens (tertiary/aromatic N) is 4. The van der Waals surface area contributed by atoms with E-state index in [1.807, 2.05) is 30.3 Å². The van der Waals surface area contributed by atoms with Crippen LogP contribution in [0.3, 0.4) is 0 Å². The molecule has 3 amide bonds. The molecule has 0 saturated carbocycles. The minimum atomic E-state index is -0.743. The smallest absolute Gasteiger partial charge is 0.270 e. The SMILES string of the molecule is Cc1nn(-c2ccccc2)c(C)c1NC(=O)CN1C(=O)c2ccc([N+](=O)[O-])cc2C1=O. The average Bonchev–Trinajstić information content (AvgIpc) is 3.17. The Bertz CT molecular complexity index is 1250. The Hall–Kier alpha value is -4.34. The monoisotopic (exact) mass is 419 g/mol. The number of benzene rings is 2. The van der Waals surface area contributed by atoms with Gasteiger partial charge in [0.05, 0.1) is 38.8 Å². The van der Waals surface area contributed by atoms with E-state index in [1.54, 1.807) is 18.5 Å². The van der Waals surface area contributed by atoms with Gasteiger partial charge in [-0.05, 0) is 32.0 Å². The summed E-state index contributed by atoms with van der Waals surface area (Å²) in [5, 5.41) is 18.1. The minimum Gasteiger partial charge on any atom is -0.321 e. The molecule has 1 aliphatic heterocycles. The van der Waals surface area contributed by atoms with Gasteiger partial charge in [0.15, 0.2) is 0 Å². The first kappa shape index (κ1) is 20.0. The van der Waals surface area contributed by atoms with Gasteiger partial charge in [0.25, 0.3) is 17.5 Å². The number of nitro groups is 1. The molecule has 0 spiro atoms. The Morgan fingerprint density at radius 3 is 2.42 bits per heavy atom. The maximum Gasteiger partial charge on any atom is 0.270 e. The lowest BCUT2D eigenvalue weighted by Crippen LogP contribution is -2.37. The van der Waals surface area contributed by atoms with Gasteiger partial charge >= 0.3 is 0 Å². The van der Waals surface area contributed by atoms with Crippen molar-refractivity contribution in [1.29, 1.82) is 0 Å². The van der Waals surface area contributed by atoms with Crippen molar-refractivity contribution in [3.05, 3.63) is 81.2 Å². The summed E-state index contributed by atoms with van der Waals surface area (Å²) in [7, 11) is 0. The summed E-state index contributed by atoms with van der Waals surface area (Å²) in [6.07, 6.45) is 0. The quantitative estimate of drug-likeness (QED) is 0.385. The van der Waals surface area contributed by atoms with E-state index in [-0.39, 0.29) is 16.8 Å². The van der Waals surface area contributed by atoms with Crippen molar-refractivity contribution in [2.45, 2.75) is 13.8 Å². The molecule has 0 aliphatic carbocycles. The third kappa shape index (κ3) is 3.44. The standard InChI is InChI=1S/C21H17N5O5/c1-12-19(13(2)25(23-12)14-6-4-3-5-7-14)22-18(27)11-24-20(28)16-9-8-15(26(30)31)10-17(16)21(24)29/h3-10H,11H2,1-2H3,(H,22,27). The van der Waals surface area contributed by atoms with Crippen LogP contribution in [0.15, 0.2) is 48.5 Å². The van der Waals surface area contributed by atoms with Gasteiger partial charge < -0.3 is 5.32 Å². The van der Waals surface area contributed by atoms with Gasteiger partial charge in [-0.2, -0.15) is 5.10 Å². The second kappa shape index (κ2) is 7.48. The van der Waals surface area contributed by atoms with Crippen molar-refractivity contribution in [2.24, 2.45) is 0 Å². The van der Waals surface area contributed by atoms with Crippen LogP contribution in [0.1, 0.15) is 32.1 Å². The molecule has 10 heteroatoms. The number of fused-ring (bicyclic) bond motifs is 1. The fourth-order valence-electron chi connectivity index (χ4n) is 3.50. The number of anilines is 1. The lowest BCUT2D eigenvalue weighted by Gasteiger charge is -2.14. The van der Waals surface area contributed by atoms with Crippen LogP contribution in [0.4, 0.5) is 11.4 Å². The zero-order valence-corrected chi connectivity index (χ0v) is 16.7. The van der Waals surface area contributed by atoms with Gasteiger partial charge in [-0.3, -0.25) is 29.4 Å². The topological polar surface area (TPSA) is 127 Å². The van der Waals surface area contributed by atoms with E-state index in [4.69, 9.17) is 0 Å². The van der Waals surface area contributed by atoms with E-state index in [1.165, 1.54) is 6.07 Å². The summed E-state index contributed by atoms with van der Waals surface area (Å²) in [5.41, 5.74) is 2.23. The summed E-state index contributed by atoms with van der Waals surface area (Å²) < 4.78 is 1.69. The van der Waals surface area contributed by atoms with Crippen LogP contribution in [0.2, 0.25) is 0 Å². The molecule has 0 radical (unpaired) electrons. The van der Waals surface area contributed by atoms with Gasteiger partial charge in [-0.15, -0.1) is 0 Å². The number of aromatic nitrogens is 2. The molecule has 31 heavy (non-hydrogen) atoms. The molecule has 1 aliphatic rings. The largest absolute Gasteiger partial charge is 0.321 e. The highest BCUT2D eigenvalue weighted by atomic mass is 16.6. The van der Waals surface area contributed by atoms with Crippen LogP contribution in [-0.4, -0.2) is 43.9 Å². The van der Waals surface area contributed by atoms with Gasteiger partial charge in [0, 0.05) is 12.1 Å². The molecule has 1 aromatic heterocycles. The number of hydrogen-bond donors (Lipinski definition) is 1. The van der Waals surface area contributed by atoms with Gasteiger partial charge in [-0.1, -0.05) is 18.2 Å². The highest BCUT2D eigenvalue weighted by molar-refractivity contribution is 6.23. The zero-order chi connectivity index (χ0) is 22.3. The molecule has 0 atom stereocenters. The van der Waals surface area contributed by atoms with E-state index in [0.29, 0.717) is 17.1 Å². The fourth-order valence-corrected chi connectivity index (χ4v) is 3.50. The Morgan fingerprint density at radius 1 is 1.06 bits per heavy atom.